The van der Waals surface area contributed by atoms with E-state index in [9.17, 15) is 35.1 Å². The average Bonchev–Trinajstić information content (AvgIpc) is 3.46. The lowest BCUT2D eigenvalue weighted by molar-refractivity contribution is -0.302. The number of rotatable bonds is 58. The van der Waals surface area contributed by atoms with Crippen LogP contribution in [-0.2, 0) is 23.8 Å². The molecule has 1 aliphatic rings. The third-order valence-corrected chi connectivity index (χ3v) is 15.6. The van der Waals surface area contributed by atoms with E-state index in [2.05, 4.69) is 67.8 Å². The van der Waals surface area contributed by atoms with Gasteiger partial charge >= 0.3 is 5.97 Å². The Morgan fingerprint density at radius 2 is 0.838 bits per heavy atom. The number of ether oxygens (including phenoxy) is 3. The number of hydrogen-bond acceptors (Lipinski definition) is 10. The summed E-state index contributed by atoms with van der Waals surface area (Å²) in [7, 11) is 0. The van der Waals surface area contributed by atoms with Crippen molar-refractivity contribution in [3.63, 3.8) is 0 Å². The van der Waals surface area contributed by atoms with Gasteiger partial charge in [-0.25, -0.2) is 0 Å². The maximum Gasteiger partial charge on any atom is 0.305 e. The van der Waals surface area contributed by atoms with Crippen LogP contribution in [0.15, 0.2) is 60.8 Å². The van der Waals surface area contributed by atoms with Crippen molar-refractivity contribution in [2.24, 2.45) is 0 Å². The normalized spacial score (nSPS) is 18.7. The Labute approximate surface area is 490 Å². The van der Waals surface area contributed by atoms with Crippen LogP contribution in [0.2, 0.25) is 0 Å². The van der Waals surface area contributed by atoms with E-state index in [1.54, 1.807) is 6.08 Å². The van der Waals surface area contributed by atoms with Crippen molar-refractivity contribution in [2.45, 2.75) is 346 Å². The highest BCUT2D eigenvalue weighted by molar-refractivity contribution is 5.76. The summed E-state index contributed by atoms with van der Waals surface area (Å²) in [4.78, 5) is 25.1. The summed E-state index contributed by atoms with van der Waals surface area (Å²) in [6, 6.07) is -0.814. The second kappa shape index (κ2) is 58.1. The number of allylic oxidation sites excluding steroid dienone is 9. The summed E-state index contributed by atoms with van der Waals surface area (Å²) in [6.45, 7) is 4.29. The van der Waals surface area contributed by atoms with Crippen LogP contribution < -0.4 is 5.32 Å². The maximum atomic E-state index is 13.0. The first-order valence-electron chi connectivity index (χ1n) is 33.6. The van der Waals surface area contributed by atoms with Crippen molar-refractivity contribution < 1.29 is 49.3 Å². The fourth-order valence-corrected chi connectivity index (χ4v) is 10.3. The Hall–Kier alpha value is -2.64. The van der Waals surface area contributed by atoms with Crippen LogP contribution in [0.25, 0.3) is 0 Å². The van der Waals surface area contributed by atoms with Crippen LogP contribution in [0.3, 0.4) is 0 Å². The topological polar surface area (TPSA) is 175 Å². The molecule has 11 nitrogen and oxygen atoms in total. The van der Waals surface area contributed by atoms with Gasteiger partial charge in [0, 0.05) is 12.8 Å². The summed E-state index contributed by atoms with van der Waals surface area (Å²) < 4.78 is 16.7. The van der Waals surface area contributed by atoms with Gasteiger partial charge in [0.2, 0.25) is 5.91 Å². The minimum absolute atomic E-state index is 0.00940. The summed E-state index contributed by atoms with van der Waals surface area (Å²) >= 11 is 0. The fourth-order valence-electron chi connectivity index (χ4n) is 10.3. The second-order valence-corrected chi connectivity index (χ2v) is 23.2. The monoisotopic (exact) mass is 1130 g/mol. The van der Waals surface area contributed by atoms with Crippen molar-refractivity contribution in [3.05, 3.63) is 60.8 Å². The molecule has 1 amide bonds. The summed E-state index contributed by atoms with van der Waals surface area (Å²) in [5, 5.41) is 54.2. The molecular formula is C69H125NO10. The minimum atomic E-state index is -1.57. The molecular weight excluding hydrogens is 1000 g/mol. The summed E-state index contributed by atoms with van der Waals surface area (Å²) in [5.74, 6) is -0.200. The molecule has 0 radical (unpaired) electrons. The number of carbonyl (C=O) groups excluding carboxylic acids is 2. The third-order valence-electron chi connectivity index (χ3n) is 15.6. The molecule has 1 fully saturated rings. The van der Waals surface area contributed by atoms with Gasteiger partial charge in [-0.15, -0.1) is 0 Å². The van der Waals surface area contributed by atoms with E-state index in [1.165, 1.54) is 186 Å². The Morgan fingerprint density at radius 1 is 0.463 bits per heavy atom. The molecule has 1 saturated heterocycles. The average molecular weight is 1130 g/mol. The zero-order chi connectivity index (χ0) is 58.0. The molecule has 0 aromatic carbocycles. The van der Waals surface area contributed by atoms with Crippen molar-refractivity contribution in [2.75, 3.05) is 19.8 Å². The van der Waals surface area contributed by atoms with E-state index in [0.717, 1.165) is 89.9 Å². The van der Waals surface area contributed by atoms with Gasteiger partial charge in [-0.1, -0.05) is 254 Å². The molecule has 466 valence electrons. The highest BCUT2D eigenvalue weighted by atomic mass is 16.7. The van der Waals surface area contributed by atoms with E-state index < -0.39 is 49.5 Å². The Balaban J connectivity index is 1.97. The quantitative estimate of drug-likeness (QED) is 0.0195. The zero-order valence-corrected chi connectivity index (χ0v) is 51.5. The molecule has 0 saturated carbocycles. The van der Waals surface area contributed by atoms with E-state index in [4.69, 9.17) is 14.2 Å². The van der Waals surface area contributed by atoms with Gasteiger partial charge in [-0.2, -0.15) is 0 Å². The highest BCUT2D eigenvalue weighted by Crippen LogP contribution is 2.23. The molecule has 0 spiro atoms. The van der Waals surface area contributed by atoms with Crippen molar-refractivity contribution >= 4 is 11.9 Å². The van der Waals surface area contributed by atoms with Gasteiger partial charge < -0.3 is 45.1 Å². The van der Waals surface area contributed by atoms with E-state index in [1.807, 2.05) is 6.08 Å². The van der Waals surface area contributed by atoms with E-state index in [0.29, 0.717) is 19.4 Å². The predicted molar refractivity (Wildman–Crippen MR) is 333 cm³/mol. The van der Waals surface area contributed by atoms with E-state index >= 15 is 0 Å². The van der Waals surface area contributed by atoms with Gasteiger partial charge in [0.05, 0.1) is 32.0 Å². The van der Waals surface area contributed by atoms with Crippen molar-refractivity contribution in [3.8, 4) is 0 Å². The van der Waals surface area contributed by atoms with E-state index in [-0.39, 0.29) is 18.5 Å². The largest absolute Gasteiger partial charge is 0.466 e. The lowest BCUT2D eigenvalue weighted by Crippen LogP contribution is -2.60. The standard InChI is InChI=1S/C69H125NO10/c1-3-5-7-9-11-13-14-15-16-17-28-31-34-37-41-45-49-53-57-65(74)78-58-54-50-46-42-38-35-32-29-26-24-22-20-18-19-21-23-25-27-30-33-36-40-44-48-52-56-64(73)70-61(62(72)55-51-47-43-39-12-10-8-6-4-2)60-79-69-68(77)67(76)66(75)63(59-71)80-69/h13-14,16-17,19-22,51,55,61-63,66-69,71-72,75-77H,3-12,15,18,23-50,52-54,56-60H2,1-2H3,(H,70,73)/b14-13-,17-16-,21-19-,22-20-,55-51+. The molecule has 1 aliphatic heterocycles. The Bertz CT molecular complexity index is 1510. The smallest absolute Gasteiger partial charge is 0.305 e. The predicted octanol–water partition coefficient (Wildman–Crippen LogP) is 16.6. The first-order valence-corrected chi connectivity index (χ1v) is 33.6. The first kappa shape index (κ1) is 75.4. The SMILES string of the molecule is CCCCCC/C=C\C/C=C\CCCCCCCCCC(=O)OCCCCCCCCCCC/C=C\C/C=C\CCCCCCCCCCCC(=O)NC(COC1OC(CO)C(O)C(O)C1O)C(O)/C=C/CCCCCCCCC. The number of nitrogens with one attached hydrogen (secondary N) is 1. The highest BCUT2D eigenvalue weighted by Gasteiger charge is 2.44. The molecule has 0 aromatic rings. The van der Waals surface area contributed by atoms with Crippen LogP contribution in [0.5, 0.6) is 0 Å². The number of amides is 1. The molecule has 0 aromatic heterocycles. The van der Waals surface area contributed by atoms with Gasteiger partial charge in [-0.05, 0) is 96.3 Å². The third kappa shape index (κ3) is 46.8. The molecule has 1 rings (SSSR count). The van der Waals surface area contributed by atoms with Crippen molar-refractivity contribution in [1.82, 2.24) is 5.32 Å². The first-order chi connectivity index (χ1) is 39.2. The van der Waals surface area contributed by atoms with Crippen LogP contribution >= 0.6 is 0 Å². The molecule has 11 heteroatoms. The van der Waals surface area contributed by atoms with Gasteiger partial charge in [0.1, 0.15) is 24.4 Å². The molecule has 1 heterocycles. The number of hydrogen-bond donors (Lipinski definition) is 6. The fraction of sp³-hybridized carbons (Fsp3) is 0.826. The Morgan fingerprint density at radius 3 is 1.27 bits per heavy atom. The molecule has 7 atom stereocenters. The second-order valence-electron chi connectivity index (χ2n) is 23.2. The molecule has 0 bridgehead atoms. The molecule has 0 aliphatic carbocycles. The van der Waals surface area contributed by atoms with Crippen LogP contribution in [0, 0.1) is 0 Å². The van der Waals surface area contributed by atoms with Crippen LogP contribution in [-0.4, -0.2) is 100 Å². The lowest BCUT2D eigenvalue weighted by atomic mass is 9.99. The van der Waals surface area contributed by atoms with Gasteiger partial charge in [-0.3, -0.25) is 9.59 Å². The van der Waals surface area contributed by atoms with Crippen LogP contribution in [0.4, 0.5) is 0 Å². The maximum absolute atomic E-state index is 13.0. The summed E-state index contributed by atoms with van der Waals surface area (Å²) in [5.41, 5.74) is 0. The lowest BCUT2D eigenvalue weighted by Gasteiger charge is -2.40. The molecule has 7 unspecified atom stereocenters. The number of unbranched alkanes of at least 4 members (excludes halogenated alkanes) is 36. The molecule has 6 N–H and O–H groups in total. The number of carbonyl (C=O) groups is 2. The summed E-state index contributed by atoms with van der Waals surface area (Å²) in [6.07, 6.45) is 66.3. The van der Waals surface area contributed by atoms with Crippen molar-refractivity contribution in [1.29, 1.82) is 0 Å². The van der Waals surface area contributed by atoms with Gasteiger partial charge in [0.25, 0.3) is 0 Å². The number of aliphatic hydroxyl groups is 5. The number of aliphatic hydroxyl groups excluding tert-OH is 5. The Kier molecular flexibility index (Phi) is 54.8. The minimum Gasteiger partial charge on any atom is -0.466 e. The zero-order valence-electron chi connectivity index (χ0n) is 51.5. The number of esters is 1. The van der Waals surface area contributed by atoms with Gasteiger partial charge in [0.15, 0.2) is 6.29 Å². The molecule has 80 heavy (non-hydrogen) atoms. The van der Waals surface area contributed by atoms with Crippen LogP contribution in [0.1, 0.15) is 303 Å².